The summed E-state index contributed by atoms with van der Waals surface area (Å²) in [5, 5.41) is 2.89. The van der Waals surface area contributed by atoms with Gasteiger partial charge in [-0.05, 0) is 48.2 Å². The highest BCUT2D eigenvalue weighted by Crippen LogP contribution is 2.17. The lowest BCUT2D eigenvalue weighted by molar-refractivity contribution is 0.0938. The Morgan fingerprint density at radius 3 is 2.90 bits per heavy atom. The number of hydrogen-bond acceptors (Lipinski definition) is 4. The van der Waals surface area contributed by atoms with E-state index in [0.717, 1.165) is 10.2 Å². The first kappa shape index (κ1) is 14.7. The van der Waals surface area contributed by atoms with Crippen LogP contribution in [-0.2, 0) is 0 Å². The standard InChI is InChI=1S/C14H16BrN3O2/c1-18(2)12(13-4-3-5-20-13)9-17-14(19)10-6-11(15)8-16-7-10/h3-8,12H,9H2,1-2H3,(H,17,19). The van der Waals surface area contributed by atoms with Gasteiger partial charge in [-0.25, -0.2) is 0 Å². The third-order valence-electron chi connectivity index (χ3n) is 2.92. The van der Waals surface area contributed by atoms with Gasteiger partial charge in [-0.2, -0.15) is 0 Å². The van der Waals surface area contributed by atoms with E-state index in [1.165, 1.54) is 6.20 Å². The van der Waals surface area contributed by atoms with Crippen LogP contribution in [0.3, 0.4) is 0 Å². The molecule has 1 amide bonds. The van der Waals surface area contributed by atoms with Crippen molar-refractivity contribution in [1.29, 1.82) is 0 Å². The zero-order valence-electron chi connectivity index (χ0n) is 11.3. The lowest BCUT2D eigenvalue weighted by Gasteiger charge is -2.22. The van der Waals surface area contributed by atoms with Gasteiger partial charge in [-0.1, -0.05) is 0 Å². The van der Waals surface area contributed by atoms with E-state index in [-0.39, 0.29) is 11.9 Å². The van der Waals surface area contributed by atoms with Gasteiger partial charge in [0.1, 0.15) is 5.76 Å². The lowest BCUT2D eigenvalue weighted by atomic mass is 10.2. The number of halogens is 1. The Labute approximate surface area is 126 Å². The van der Waals surface area contributed by atoms with Gasteiger partial charge in [0.2, 0.25) is 0 Å². The predicted molar refractivity (Wildman–Crippen MR) is 79.4 cm³/mol. The van der Waals surface area contributed by atoms with Gasteiger partial charge in [0.25, 0.3) is 5.91 Å². The van der Waals surface area contributed by atoms with Gasteiger partial charge in [0.15, 0.2) is 0 Å². The van der Waals surface area contributed by atoms with E-state index in [2.05, 4.69) is 26.2 Å². The molecule has 106 valence electrons. The van der Waals surface area contributed by atoms with E-state index in [9.17, 15) is 4.79 Å². The van der Waals surface area contributed by atoms with Crippen molar-refractivity contribution < 1.29 is 9.21 Å². The van der Waals surface area contributed by atoms with Gasteiger partial charge >= 0.3 is 0 Å². The van der Waals surface area contributed by atoms with Gasteiger partial charge < -0.3 is 9.73 Å². The molecule has 1 atom stereocenters. The van der Waals surface area contributed by atoms with Crippen LogP contribution in [0.15, 0.2) is 45.7 Å². The first-order chi connectivity index (χ1) is 9.58. The van der Waals surface area contributed by atoms with Gasteiger partial charge in [0, 0.05) is 23.4 Å². The quantitative estimate of drug-likeness (QED) is 0.910. The zero-order valence-corrected chi connectivity index (χ0v) is 12.9. The van der Waals surface area contributed by atoms with Crippen molar-refractivity contribution in [2.75, 3.05) is 20.6 Å². The maximum absolute atomic E-state index is 12.1. The summed E-state index contributed by atoms with van der Waals surface area (Å²) >= 11 is 3.30. The molecule has 0 saturated heterocycles. The lowest BCUT2D eigenvalue weighted by Crippen LogP contribution is -2.34. The molecule has 1 N–H and O–H groups in total. The molecule has 0 spiro atoms. The summed E-state index contributed by atoms with van der Waals surface area (Å²) in [7, 11) is 3.89. The molecule has 0 saturated carbocycles. The molecule has 0 bridgehead atoms. The Balaban J connectivity index is 2.01. The highest BCUT2D eigenvalue weighted by molar-refractivity contribution is 9.10. The molecule has 2 heterocycles. The number of hydrogen-bond donors (Lipinski definition) is 1. The second-order valence-electron chi connectivity index (χ2n) is 4.60. The fourth-order valence-corrected chi connectivity index (χ4v) is 2.21. The number of nitrogens with zero attached hydrogens (tertiary/aromatic N) is 2. The SMILES string of the molecule is CN(C)C(CNC(=O)c1cncc(Br)c1)c1ccco1. The monoisotopic (exact) mass is 337 g/mol. The minimum Gasteiger partial charge on any atom is -0.468 e. The van der Waals surface area contributed by atoms with E-state index in [4.69, 9.17) is 4.42 Å². The minimum absolute atomic E-state index is 0.00550. The fraction of sp³-hybridized carbons (Fsp3) is 0.286. The van der Waals surface area contributed by atoms with Crippen molar-refractivity contribution in [3.63, 3.8) is 0 Å². The van der Waals surface area contributed by atoms with Crippen LogP contribution < -0.4 is 5.32 Å². The summed E-state index contributed by atoms with van der Waals surface area (Å²) in [5.41, 5.74) is 0.524. The van der Waals surface area contributed by atoms with E-state index >= 15 is 0 Å². The minimum atomic E-state index is -0.155. The number of carbonyl (C=O) groups is 1. The summed E-state index contributed by atoms with van der Waals surface area (Å²) in [5.74, 6) is 0.667. The Kier molecular flexibility index (Phi) is 4.92. The molecule has 2 aromatic heterocycles. The van der Waals surface area contributed by atoms with Crippen molar-refractivity contribution in [2.45, 2.75) is 6.04 Å². The highest BCUT2D eigenvalue weighted by Gasteiger charge is 2.18. The molecule has 0 aromatic carbocycles. The maximum Gasteiger partial charge on any atom is 0.252 e. The van der Waals surface area contributed by atoms with Crippen LogP contribution in [0.1, 0.15) is 22.2 Å². The normalized spacial score (nSPS) is 12.4. The van der Waals surface area contributed by atoms with Crippen LogP contribution in [-0.4, -0.2) is 36.4 Å². The van der Waals surface area contributed by atoms with Crippen LogP contribution in [0.5, 0.6) is 0 Å². The molecule has 0 radical (unpaired) electrons. The van der Waals surface area contributed by atoms with Crippen molar-refractivity contribution in [2.24, 2.45) is 0 Å². The van der Waals surface area contributed by atoms with Crippen molar-refractivity contribution in [3.8, 4) is 0 Å². The number of furan rings is 1. The van der Waals surface area contributed by atoms with Crippen LogP contribution in [0.25, 0.3) is 0 Å². The van der Waals surface area contributed by atoms with Crippen LogP contribution >= 0.6 is 15.9 Å². The molecule has 0 aliphatic heterocycles. The van der Waals surface area contributed by atoms with E-state index in [1.54, 1.807) is 18.5 Å². The molecule has 1 unspecified atom stereocenters. The number of nitrogens with one attached hydrogen (secondary N) is 1. The summed E-state index contributed by atoms with van der Waals surface area (Å²) in [4.78, 5) is 18.1. The van der Waals surface area contributed by atoms with Crippen molar-refractivity contribution in [3.05, 3.63) is 52.7 Å². The second kappa shape index (κ2) is 6.67. The van der Waals surface area contributed by atoms with Crippen LogP contribution in [0.4, 0.5) is 0 Å². The first-order valence-electron chi connectivity index (χ1n) is 6.16. The summed E-state index contributed by atoms with van der Waals surface area (Å²) in [6.45, 7) is 0.464. The summed E-state index contributed by atoms with van der Waals surface area (Å²) < 4.78 is 6.18. The number of pyridine rings is 1. The van der Waals surface area contributed by atoms with Crippen molar-refractivity contribution >= 4 is 21.8 Å². The Bertz CT molecular complexity index is 570. The topological polar surface area (TPSA) is 58.4 Å². The molecular weight excluding hydrogens is 322 g/mol. The van der Waals surface area contributed by atoms with E-state index in [0.29, 0.717) is 12.1 Å². The zero-order chi connectivity index (χ0) is 14.5. The van der Waals surface area contributed by atoms with Crippen molar-refractivity contribution in [1.82, 2.24) is 15.2 Å². The van der Waals surface area contributed by atoms with Gasteiger partial charge in [-0.3, -0.25) is 14.7 Å². The second-order valence-corrected chi connectivity index (χ2v) is 5.51. The first-order valence-corrected chi connectivity index (χ1v) is 6.96. The molecule has 2 rings (SSSR count). The number of carbonyl (C=O) groups excluding carboxylic acids is 1. The molecular formula is C14H16BrN3O2. The summed E-state index contributed by atoms with van der Waals surface area (Å²) in [6, 6.07) is 5.47. The highest BCUT2D eigenvalue weighted by atomic mass is 79.9. The molecule has 6 heteroatoms. The average molecular weight is 338 g/mol. The van der Waals surface area contributed by atoms with E-state index in [1.807, 2.05) is 31.1 Å². The summed E-state index contributed by atoms with van der Waals surface area (Å²) in [6.07, 6.45) is 4.81. The number of rotatable bonds is 5. The van der Waals surface area contributed by atoms with Gasteiger partial charge in [0.05, 0.1) is 17.9 Å². The molecule has 5 nitrogen and oxygen atoms in total. The van der Waals surface area contributed by atoms with Crippen LogP contribution in [0.2, 0.25) is 0 Å². The Morgan fingerprint density at radius 2 is 2.30 bits per heavy atom. The largest absolute Gasteiger partial charge is 0.468 e. The molecule has 20 heavy (non-hydrogen) atoms. The fourth-order valence-electron chi connectivity index (χ4n) is 1.85. The number of amides is 1. The number of aromatic nitrogens is 1. The third-order valence-corrected chi connectivity index (χ3v) is 3.35. The maximum atomic E-state index is 12.1. The van der Waals surface area contributed by atoms with Gasteiger partial charge in [-0.15, -0.1) is 0 Å². The third kappa shape index (κ3) is 3.68. The molecule has 0 aliphatic carbocycles. The van der Waals surface area contributed by atoms with E-state index < -0.39 is 0 Å². The number of likely N-dealkylation sites (N-methyl/N-ethyl adjacent to an activating group) is 1. The average Bonchev–Trinajstić information content (AvgIpc) is 2.92. The molecule has 0 aliphatic rings. The van der Waals surface area contributed by atoms with Crippen LogP contribution in [0, 0.1) is 0 Å². The smallest absolute Gasteiger partial charge is 0.252 e. The Morgan fingerprint density at radius 1 is 1.50 bits per heavy atom. The Hall–Kier alpha value is -1.66. The molecule has 2 aromatic rings. The molecule has 0 fully saturated rings. The predicted octanol–water partition coefficient (Wildman–Crippen LogP) is 2.47.